The van der Waals surface area contributed by atoms with Gasteiger partial charge >= 0.3 is 0 Å². The molecule has 1 radical (unpaired) electrons. The molecule has 0 nitrogen and oxygen atoms in total. The van der Waals surface area contributed by atoms with Gasteiger partial charge in [0.05, 0.1) is 0 Å². The second-order valence-corrected chi connectivity index (χ2v) is 2.56. The van der Waals surface area contributed by atoms with Crippen LogP contribution in [-0.2, 0) is 0 Å². The normalized spacial score (nSPS) is 21.8. The highest BCUT2D eigenvalue weighted by atomic mass is 14.1. The molecule has 0 saturated heterocycles. The summed E-state index contributed by atoms with van der Waals surface area (Å²) in [4.78, 5) is 0. The Balaban J connectivity index is 2.60. The summed E-state index contributed by atoms with van der Waals surface area (Å²) < 4.78 is 0. The summed E-state index contributed by atoms with van der Waals surface area (Å²) in [6.45, 7) is 4.43. The van der Waals surface area contributed by atoms with Gasteiger partial charge in [0.25, 0.3) is 0 Å². The summed E-state index contributed by atoms with van der Waals surface area (Å²) in [6.07, 6.45) is 6.31. The van der Waals surface area contributed by atoms with E-state index in [1.165, 1.54) is 24.8 Å². The van der Waals surface area contributed by atoms with Gasteiger partial charge in [-0.3, -0.25) is 0 Å². The van der Waals surface area contributed by atoms with Crippen LogP contribution in [0.3, 0.4) is 0 Å². The molecule has 0 unspecified atom stereocenters. The SMILES string of the molecule is CC1=C(C)CCC[CH]1. The minimum atomic E-state index is 1.29. The van der Waals surface area contributed by atoms with Crippen LogP contribution in [0.1, 0.15) is 33.1 Å². The molecular weight excluding hydrogens is 96.1 g/mol. The Labute approximate surface area is 51.6 Å². The van der Waals surface area contributed by atoms with E-state index in [0.717, 1.165) is 0 Å². The van der Waals surface area contributed by atoms with Crippen molar-refractivity contribution in [3.05, 3.63) is 17.6 Å². The van der Waals surface area contributed by atoms with Crippen LogP contribution in [0.15, 0.2) is 11.1 Å². The van der Waals surface area contributed by atoms with Gasteiger partial charge in [-0.2, -0.15) is 0 Å². The molecule has 0 spiro atoms. The Morgan fingerprint density at radius 3 is 2.50 bits per heavy atom. The van der Waals surface area contributed by atoms with Crippen molar-refractivity contribution in [1.82, 2.24) is 0 Å². The van der Waals surface area contributed by atoms with Crippen LogP contribution in [0.25, 0.3) is 0 Å². The van der Waals surface area contributed by atoms with Crippen LogP contribution in [0, 0.1) is 6.42 Å². The summed E-state index contributed by atoms with van der Waals surface area (Å²) in [5.41, 5.74) is 3.09. The first-order valence-electron chi connectivity index (χ1n) is 3.30. The van der Waals surface area contributed by atoms with Crippen LogP contribution in [0.5, 0.6) is 0 Å². The van der Waals surface area contributed by atoms with E-state index >= 15 is 0 Å². The van der Waals surface area contributed by atoms with Gasteiger partial charge in [-0.25, -0.2) is 0 Å². The third kappa shape index (κ3) is 1.12. The maximum atomic E-state index is 2.33. The molecule has 0 N–H and O–H groups in total. The number of hydrogen-bond acceptors (Lipinski definition) is 0. The molecule has 1 aliphatic rings. The van der Waals surface area contributed by atoms with Crippen molar-refractivity contribution in [2.45, 2.75) is 33.1 Å². The minimum Gasteiger partial charge on any atom is -0.0741 e. The molecule has 0 saturated carbocycles. The molecule has 0 atom stereocenters. The highest BCUT2D eigenvalue weighted by Gasteiger charge is 2.03. The Kier molecular flexibility index (Phi) is 1.72. The topological polar surface area (TPSA) is 0 Å². The Morgan fingerprint density at radius 2 is 2.12 bits per heavy atom. The average molecular weight is 109 g/mol. The predicted molar refractivity (Wildman–Crippen MR) is 36.5 cm³/mol. The van der Waals surface area contributed by atoms with E-state index in [1.807, 2.05) is 0 Å². The molecular formula is C8H13. The number of hydrogen-bond donors (Lipinski definition) is 0. The Bertz CT molecular complexity index is 95.2. The van der Waals surface area contributed by atoms with Gasteiger partial charge in [-0.1, -0.05) is 11.1 Å². The predicted octanol–water partition coefficient (Wildman–Crippen LogP) is 2.71. The molecule has 0 bridgehead atoms. The maximum Gasteiger partial charge on any atom is -0.0138 e. The first-order chi connectivity index (χ1) is 3.80. The second-order valence-electron chi connectivity index (χ2n) is 2.56. The van der Waals surface area contributed by atoms with E-state index in [1.54, 1.807) is 5.57 Å². The zero-order chi connectivity index (χ0) is 5.98. The first kappa shape index (κ1) is 5.87. The minimum absolute atomic E-state index is 1.29. The quantitative estimate of drug-likeness (QED) is 0.448. The van der Waals surface area contributed by atoms with Gasteiger partial charge < -0.3 is 0 Å². The third-order valence-corrected chi connectivity index (χ3v) is 1.88. The Hall–Kier alpha value is -0.260. The highest BCUT2D eigenvalue weighted by molar-refractivity contribution is 5.20. The first-order valence-corrected chi connectivity index (χ1v) is 3.30. The molecule has 0 aromatic heterocycles. The standard InChI is InChI=1S/C8H13/c1-7-5-3-4-6-8(7)2/h5H,3-4,6H2,1-2H3. The molecule has 0 heterocycles. The lowest BCUT2D eigenvalue weighted by molar-refractivity contribution is 0.758. The molecule has 45 valence electrons. The van der Waals surface area contributed by atoms with Crippen LogP contribution < -0.4 is 0 Å². The van der Waals surface area contributed by atoms with Crippen LogP contribution in [0.2, 0.25) is 0 Å². The van der Waals surface area contributed by atoms with Gasteiger partial charge in [-0.15, -0.1) is 0 Å². The fraction of sp³-hybridized carbons (Fsp3) is 0.625. The van der Waals surface area contributed by atoms with Gasteiger partial charge in [-0.05, 0) is 39.5 Å². The molecule has 0 fully saturated rings. The highest BCUT2D eigenvalue weighted by Crippen LogP contribution is 2.21. The largest absolute Gasteiger partial charge is 0.0741 e. The van der Waals surface area contributed by atoms with Crippen molar-refractivity contribution >= 4 is 0 Å². The van der Waals surface area contributed by atoms with Crippen molar-refractivity contribution in [1.29, 1.82) is 0 Å². The van der Waals surface area contributed by atoms with Crippen molar-refractivity contribution in [2.75, 3.05) is 0 Å². The molecule has 0 heteroatoms. The number of rotatable bonds is 0. The lowest BCUT2D eigenvalue weighted by atomic mass is 9.94. The summed E-state index contributed by atoms with van der Waals surface area (Å²) in [5, 5.41) is 0. The van der Waals surface area contributed by atoms with Crippen LogP contribution >= 0.6 is 0 Å². The third-order valence-electron chi connectivity index (χ3n) is 1.88. The smallest absolute Gasteiger partial charge is 0.0138 e. The van der Waals surface area contributed by atoms with E-state index in [9.17, 15) is 0 Å². The monoisotopic (exact) mass is 109 g/mol. The van der Waals surface area contributed by atoms with Crippen LogP contribution in [-0.4, -0.2) is 0 Å². The van der Waals surface area contributed by atoms with E-state index in [4.69, 9.17) is 0 Å². The molecule has 0 aliphatic heterocycles. The summed E-state index contributed by atoms with van der Waals surface area (Å²) in [6, 6.07) is 0. The molecule has 1 aliphatic carbocycles. The van der Waals surface area contributed by atoms with Crippen molar-refractivity contribution in [2.24, 2.45) is 0 Å². The zero-order valence-corrected chi connectivity index (χ0v) is 5.70. The molecule has 1 rings (SSSR count). The summed E-state index contributed by atoms with van der Waals surface area (Å²) >= 11 is 0. The van der Waals surface area contributed by atoms with Crippen molar-refractivity contribution in [3.8, 4) is 0 Å². The molecule has 0 amide bonds. The zero-order valence-electron chi connectivity index (χ0n) is 5.70. The fourth-order valence-corrected chi connectivity index (χ4v) is 1.06. The van der Waals surface area contributed by atoms with E-state index in [2.05, 4.69) is 20.3 Å². The summed E-state index contributed by atoms with van der Waals surface area (Å²) in [5.74, 6) is 0. The van der Waals surface area contributed by atoms with E-state index in [-0.39, 0.29) is 0 Å². The van der Waals surface area contributed by atoms with Gasteiger partial charge in [0.15, 0.2) is 0 Å². The average Bonchev–Trinajstić information content (AvgIpc) is 1.77. The van der Waals surface area contributed by atoms with Gasteiger partial charge in [0, 0.05) is 0 Å². The van der Waals surface area contributed by atoms with Crippen LogP contribution in [0.4, 0.5) is 0 Å². The molecule has 8 heavy (non-hydrogen) atoms. The molecule has 0 aromatic carbocycles. The van der Waals surface area contributed by atoms with Crippen molar-refractivity contribution in [3.63, 3.8) is 0 Å². The van der Waals surface area contributed by atoms with Crippen molar-refractivity contribution < 1.29 is 0 Å². The lowest BCUT2D eigenvalue weighted by Gasteiger charge is -2.12. The van der Waals surface area contributed by atoms with E-state index in [0.29, 0.717) is 0 Å². The van der Waals surface area contributed by atoms with E-state index < -0.39 is 0 Å². The Morgan fingerprint density at radius 1 is 1.38 bits per heavy atom. The maximum absolute atomic E-state index is 2.33. The van der Waals surface area contributed by atoms with Gasteiger partial charge in [0.1, 0.15) is 0 Å². The summed E-state index contributed by atoms with van der Waals surface area (Å²) in [7, 11) is 0. The second kappa shape index (κ2) is 2.34. The number of allylic oxidation sites excluding steroid dienone is 2. The fourth-order valence-electron chi connectivity index (χ4n) is 1.06. The molecule has 0 aromatic rings. The van der Waals surface area contributed by atoms with Gasteiger partial charge in [0.2, 0.25) is 0 Å². The lowest BCUT2D eigenvalue weighted by Crippen LogP contribution is -1.93.